The summed E-state index contributed by atoms with van der Waals surface area (Å²) in [5, 5.41) is 0. The third-order valence-corrected chi connectivity index (χ3v) is 16.9. The Morgan fingerprint density at radius 2 is 0.935 bits per heavy atom. The molecule has 0 amide bonds. The monoisotopic (exact) mass is 821 g/mol. The predicted octanol–water partition coefficient (Wildman–Crippen LogP) is 14.3. The fourth-order valence-electron chi connectivity index (χ4n) is 14.2. The van der Waals surface area contributed by atoms with Crippen molar-refractivity contribution in [2.45, 2.75) is 188 Å². The number of fused-ring (bicyclic) bond motifs is 7. The van der Waals surface area contributed by atoms with Crippen molar-refractivity contribution >= 4 is 57.2 Å². The van der Waals surface area contributed by atoms with Crippen molar-refractivity contribution in [1.29, 1.82) is 0 Å². The van der Waals surface area contributed by atoms with Crippen LogP contribution in [-0.4, -0.2) is 6.71 Å². The lowest BCUT2D eigenvalue weighted by atomic mass is 9.33. The average molecular weight is 821 g/mol. The van der Waals surface area contributed by atoms with Gasteiger partial charge in [0.1, 0.15) is 0 Å². The quantitative estimate of drug-likeness (QED) is 0.160. The molecule has 0 atom stereocenters. The fraction of sp³-hybridized carbons (Fsp3) is 0.492. The van der Waals surface area contributed by atoms with E-state index in [2.05, 4.69) is 201 Å². The van der Waals surface area contributed by atoms with Crippen LogP contribution in [0.4, 0.5) is 34.1 Å². The minimum absolute atomic E-state index is 0.00282. The zero-order chi connectivity index (χ0) is 44.8. The molecule has 0 radical (unpaired) electrons. The lowest BCUT2D eigenvalue weighted by molar-refractivity contribution is 0.332. The maximum absolute atomic E-state index is 2.74. The Morgan fingerprint density at radius 1 is 0.452 bits per heavy atom. The molecule has 10 rings (SSSR count). The highest BCUT2D eigenvalue weighted by atomic mass is 15.2. The molecule has 62 heavy (non-hydrogen) atoms. The maximum atomic E-state index is 2.74. The molecule has 5 aromatic rings. The van der Waals surface area contributed by atoms with Crippen LogP contribution in [0.1, 0.15) is 185 Å². The van der Waals surface area contributed by atoms with Crippen LogP contribution in [0.3, 0.4) is 0 Å². The zero-order valence-corrected chi connectivity index (χ0v) is 41.7. The minimum atomic E-state index is 0.00282. The predicted molar refractivity (Wildman–Crippen MR) is 270 cm³/mol. The molecule has 2 aliphatic heterocycles. The van der Waals surface area contributed by atoms with Gasteiger partial charge in [0.2, 0.25) is 0 Å². The van der Waals surface area contributed by atoms with Crippen molar-refractivity contribution in [1.82, 2.24) is 0 Å². The summed E-state index contributed by atoms with van der Waals surface area (Å²) in [5.74, 6) is 0. The van der Waals surface area contributed by atoms with Gasteiger partial charge in [0.25, 0.3) is 6.71 Å². The summed E-state index contributed by atoms with van der Waals surface area (Å²) in [5.41, 5.74) is 27.5. The number of hydrogen-bond donors (Lipinski definition) is 0. The summed E-state index contributed by atoms with van der Waals surface area (Å²) < 4.78 is 0. The smallest absolute Gasteiger partial charge is 0.252 e. The summed E-state index contributed by atoms with van der Waals surface area (Å²) >= 11 is 0. The Morgan fingerprint density at radius 3 is 1.55 bits per heavy atom. The molecule has 0 aromatic heterocycles. The Kier molecular flexibility index (Phi) is 8.43. The van der Waals surface area contributed by atoms with E-state index in [1.807, 2.05) is 0 Å². The number of anilines is 6. The molecule has 3 aliphatic carbocycles. The number of rotatable bonds is 2. The van der Waals surface area contributed by atoms with E-state index in [1.54, 1.807) is 5.56 Å². The van der Waals surface area contributed by atoms with Crippen LogP contribution < -0.4 is 26.2 Å². The molecule has 2 nitrogen and oxygen atoms in total. The second-order valence-corrected chi connectivity index (χ2v) is 25.8. The summed E-state index contributed by atoms with van der Waals surface area (Å²) in [4.78, 5) is 5.43. The highest BCUT2D eigenvalue weighted by Gasteiger charge is 2.50. The van der Waals surface area contributed by atoms with Crippen LogP contribution in [0.2, 0.25) is 0 Å². The van der Waals surface area contributed by atoms with E-state index in [1.165, 1.54) is 113 Å². The first-order valence-electron chi connectivity index (χ1n) is 23.9. The summed E-state index contributed by atoms with van der Waals surface area (Å²) in [7, 11) is 0. The Labute approximate surface area is 376 Å². The molecule has 5 aliphatic rings. The second-order valence-electron chi connectivity index (χ2n) is 25.8. The van der Waals surface area contributed by atoms with Gasteiger partial charge in [-0.05, 0) is 193 Å². The highest BCUT2D eigenvalue weighted by Crippen LogP contribution is 2.57. The lowest BCUT2D eigenvalue weighted by Crippen LogP contribution is -2.62. The summed E-state index contributed by atoms with van der Waals surface area (Å²) in [6.07, 6.45) is 4.70. The summed E-state index contributed by atoms with van der Waals surface area (Å²) in [6, 6.07) is 28.1. The normalized spacial score (nSPS) is 21.2. The van der Waals surface area contributed by atoms with Gasteiger partial charge < -0.3 is 9.80 Å². The van der Waals surface area contributed by atoms with E-state index in [0.29, 0.717) is 0 Å². The average Bonchev–Trinajstić information content (AvgIpc) is 3.46. The molecule has 0 unspecified atom stereocenters. The molecule has 0 fully saturated rings. The van der Waals surface area contributed by atoms with Gasteiger partial charge in [-0.2, -0.15) is 0 Å². The van der Waals surface area contributed by atoms with Gasteiger partial charge in [0.15, 0.2) is 0 Å². The Bertz CT molecular complexity index is 2780. The van der Waals surface area contributed by atoms with Gasteiger partial charge in [-0.3, -0.25) is 0 Å². The molecule has 5 aromatic carbocycles. The standard InChI is InChI=1S/C59H73BN2/c1-34-25-49-52-50(26-34)62(47-30-42-39(27-35(47)2)57(13,14)32-58(42,15)16)48-31-41-40(54(7,8)23-24-55(41,9)10)29-44(48)60(52)43-28-37(53(4,5)6)19-21-46(43)61(49)45-22-20-38-51(36(45)3)59(17,18)33-56(38,11)12/h19-22,25-31H,23-24,32-33H2,1-18H3. The van der Waals surface area contributed by atoms with Crippen LogP contribution in [0.5, 0.6) is 0 Å². The van der Waals surface area contributed by atoms with Crippen molar-refractivity contribution in [3.63, 3.8) is 0 Å². The molecular formula is C59H73BN2. The van der Waals surface area contributed by atoms with Crippen molar-refractivity contribution in [3.05, 3.63) is 122 Å². The first-order valence-corrected chi connectivity index (χ1v) is 23.9. The fourth-order valence-corrected chi connectivity index (χ4v) is 14.2. The van der Waals surface area contributed by atoms with Gasteiger partial charge in [-0.1, -0.05) is 134 Å². The molecule has 0 bridgehead atoms. The van der Waals surface area contributed by atoms with E-state index in [9.17, 15) is 0 Å². The number of aryl methyl sites for hydroxylation is 2. The van der Waals surface area contributed by atoms with Crippen molar-refractivity contribution in [3.8, 4) is 0 Å². The SMILES string of the molecule is Cc1cc2c3c(c1)N(c1ccc4c(c1C)C(C)(C)CC4(C)C)c1ccc(C(C)(C)C)cc1B3c1cc3c(cc1N2c1cc2c(cc1C)C(C)(C)CC2(C)C)C(C)(C)CCC3(C)C. The van der Waals surface area contributed by atoms with Crippen LogP contribution in [0.25, 0.3) is 0 Å². The van der Waals surface area contributed by atoms with E-state index >= 15 is 0 Å². The molecule has 322 valence electrons. The van der Waals surface area contributed by atoms with E-state index < -0.39 is 0 Å². The largest absolute Gasteiger partial charge is 0.311 e. The van der Waals surface area contributed by atoms with E-state index in [-0.39, 0.29) is 44.6 Å². The van der Waals surface area contributed by atoms with Gasteiger partial charge in [0, 0.05) is 34.1 Å². The zero-order valence-electron chi connectivity index (χ0n) is 41.7. The second kappa shape index (κ2) is 12.5. The van der Waals surface area contributed by atoms with Crippen LogP contribution in [0, 0.1) is 20.8 Å². The van der Waals surface area contributed by atoms with E-state index in [4.69, 9.17) is 0 Å². The van der Waals surface area contributed by atoms with Crippen molar-refractivity contribution in [2.75, 3.05) is 9.80 Å². The first kappa shape index (κ1) is 41.8. The molecule has 3 heteroatoms. The number of benzene rings is 5. The van der Waals surface area contributed by atoms with Gasteiger partial charge in [-0.15, -0.1) is 0 Å². The molecular weight excluding hydrogens is 747 g/mol. The van der Waals surface area contributed by atoms with Crippen LogP contribution in [0.15, 0.2) is 66.7 Å². The molecule has 0 saturated heterocycles. The molecule has 0 spiro atoms. The van der Waals surface area contributed by atoms with E-state index in [0.717, 1.165) is 12.8 Å². The highest BCUT2D eigenvalue weighted by molar-refractivity contribution is 7.00. The first-order chi connectivity index (χ1) is 28.6. The van der Waals surface area contributed by atoms with Gasteiger partial charge in [-0.25, -0.2) is 0 Å². The third-order valence-electron chi connectivity index (χ3n) is 16.9. The van der Waals surface area contributed by atoms with Gasteiger partial charge >= 0.3 is 0 Å². The molecule has 0 saturated carbocycles. The minimum Gasteiger partial charge on any atom is -0.311 e. The van der Waals surface area contributed by atoms with Gasteiger partial charge in [0.05, 0.1) is 0 Å². The maximum Gasteiger partial charge on any atom is 0.252 e. The molecule has 2 heterocycles. The topological polar surface area (TPSA) is 6.48 Å². The van der Waals surface area contributed by atoms with Crippen LogP contribution in [-0.2, 0) is 37.9 Å². The van der Waals surface area contributed by atoms with Crippen molar-refractivity contribution < 1.29 is 0 Å². The third kappa shape index (κ3) is 5.74. The number of nitrogens with zero attached hydrogens (tertiary/aromatic N) is 2. The van der Waals surface area contributed by atoms with Crippen molar-refractivity contribution in [2.24, 2.45) is 0 Å². The lowest BCUT2D eigenvalue weighted by Gasteiger charge is -2.48. The van der Waals surface area contributed by atoms with Crippen LogP contribution >= 0.6 is 0 Å². The summed E-state index contributed by atoms with van der Waals surface area (Å²) in [6.45, 7) is 44.0. The Balaban J connectivity index is 1.34. The molecule has 0 N–H and O–H groups in total. The Hall–Kier alpha value is -4.24. The number of hydrogen-bond acceptors (Lipinski definition) is 2.